The van der Waals surface area contributed by atoms with Gasteiger partial charge in [-0.15, -0.1) is 0 Å². The fraction of sp³-hybridized carbons (Fsp3) is 0.0714. The van der Waals surface area contributed by atoms with Crippen molar-refractivity contribution in [2.75, 3.05) is 7.11 Å². The Hall–Kier alpha value is -3.88. The molecule has 0 N–H and O–H groups in total. The van der Waals surface area contributed by atoms with E-state index in [0.29, 0.717) is 33.7 Å². The van der Waals surface area contributed by atoms with Gasteiger partial charge >= 0.3 is 0 Å². The van der Waals surface area contributed by atoms with Gasteiger partial charge in [-0.05, 0) is 56.0 Å². The lowest BCUT2D eigenvalue weighted by molar-refractivity contribution is 0.104. The largest absolute Gasteiger partial charge is 0.493 e. The molecular weight excluding hydrogens is 478 g/mol. The molecule has 0 atom stereocenters. The van der Waals surface area contributed by atoms with Crippen LogP contribution in [-0.4, -0.2) is 12.9 Å². The third-order valence-corrected chi connectivity index (χ3v) is 5.80. The Morgan fingerprint density at radius 2 is 1.73 bits per heavy atom. The van der Waals surface area contributed by atoms with Crippen LogP contribution in [0, 0.1) is 11.3 Å². The number of rotatable bonds is 7. The van der Waals surface area contributed by atoms with Gasteiger partial charge in [0.25, 0.3) is 0 Å². The molecule has 5 heteroatoms. The quantitative estimate of drug-likeness (QED) is 0.157. The first-order valence-electron chi connectivity index (χ1n) is 10.3. The Balaban J connectivity index is 1.62. The van der Waals surface area contributed by atoms with Gasteiger partial charge in [-0.2, -0.15) is 5.26 Å². The topological polar surface area (TPSA) is 59.3 Å². The van der Waals surface area contributed by atoms with E-state index in [-0.39, 0.29) is 11.4 Å². The van der Waals surface area contributed by atoms with Crippen molar-refractivity contribution in [2.24, 2.45) is 0 Å². The molecule has 0 bridgehead atoms. The number of halogens is 1. The number of ether oxygens (including phenoxy) is 2. The summed E-state index contributed by atoms with van der Waals surface area (Å²) in [6.07, 6.45) is 1.55. The molecule has 0 heterocycles. The first-order valence-corrected chi connectivity index (χ1v) is 11.1. The zero-order valence-corrected chi connectivity index (χ0v) is 19.5. The smallest absolute Gasteiger partial charge is 0.203 e. The number of Topliss-reactive ketones (excluding diaryl/α,β-unsaturated/α-hetero) is 1. The van der Waals surface area contributed by atoms with Gasteiger partial charge in [0.05, 0.1) is 11.6 Å². The van der Waals surface area contributed by atoms with E-state index in [1.165, 1.54) is 0 Å². The summed E-state index contributed by atoms with van der Waals surface area (Å²) in [7, 11) is 1.56. The molecule has 0 saturated heterocycles. The zero-order chi connectivity index (χ0) is 23.2. The summed E-state index contributed by atoms with van der Waals surface area (Å²) in [4.78, 5) is 12.7. The molecule has 4 rings (SSSR count). The van der Waals surface area contributed by atoms with Gasteiger partial charge in [0.2, 0.25) is 5.78 Å². The lowest BCUT2D eigenvalue weighted by atomic mass is 10.0. The van der Waals surface area contributed by atoms with Crippen molar-refractivity contribution < 1.29 is 14.3 Å². The van der Waals surface area contributed by atoms with Crippen LogP contribution in [0.3, 0.4) is 0 Å². The van der Waals surface area contributed by atoms with Crippen molar-refractivity contribution in [2.45, 2.75) is 6.61 Å². The summed E-state index contributed by atoms with van der Waals surface area (Å²) >= 11 is 3.55. The predicted molar refractivity (Wildman–Crippen MR) is 133 cm³/mol. The van der Waals surface area contributed by atoms with E-state index in [9.17, 15) is 10.1 Å². The number of benzene rings is 4. The summed E-state index contributed by atoms with van der Waals surface area (Å²) in [5.74, 6) is 0.722. The van der Waals surface area contributed by atoms with Crippen molar-refractivity contribution >= 4 is 38.6 Å². The maximum absolute atomic E-state index is 12.7. The molecular formula is C28H20BrNO3. The molecule has 0 aromatic heterocycles. The molecule has 0 fully saturated rings. The fourth-order valence-electron chi connectivity index (χ4n) is 3.59. The highest BCUT2D eigenvalue weighted by atomic mass is 79.9. The van der Waals surface area contributed by atoms with E-state index in [1.807, 2.05) is 36.4 Å². The summed E-state index contributed by atoms with van der Waals surface area (Å²) in [6, 6.07) is 28.6. The molecule has 4 nitrogen and oxygen atoms in total. The first-order chi connectivity index (χ1) is 16.1. The normalized spacial score (nSPS) is 11.1. The Kier molecular flexibility index (Phi) is 6.87. The molecule has 0 unspecified atom stereocenters. The zero-order valence-electron chi connectivity index (χ0n) is 17.9. The highest BCUT2D eigenvalue weighted by molar-refractivity contribution is 9.10. The average Bonchev–Trinajstić information content (AvgIpc) is 2.86. The first kappa shape index (κ1) is 22.3. The lowest BCUT2D eigenvalue weighted by Gasteiger charge is -2.15. The van der Waals surface area contributed by atoms with Gasteiger partial charge in [0.1, 0.15) is 18.2 Å². The van der Waals surface area contributed by atoms with Crippen molar-refractivity contribution in [3.8, 4) is 17.6 Å². The van der Waals surface area contributed by atoms with Crippen LogP contribution in [0.2, 0.25) is 0 Å². The Labute approximate surface area is 200 Å². The molecule has 0 aliphatic carbocycles. The van der Waals surface area contributed by atoms with E-state index in [0.717, 1.165) is 16.3 Å². The van der Waals surface area contributed by atoms with Crippen LogP contribution < -0.4 is 9.47 Å². The number of ketones is 1. The Morgan fingerprint density at radius 3 is 2.48 bits per heavy atom. The van der Waals surface area contributed by atoms with Crippen LogP contribution in [0.1, 0.15) is 21.5 Å². The summed E-state index contributed by atoms with van der Waals surface area (Å²) in [6.45, 7) is 0.363. The number of methoxy groups -OCH3 is 1. The minimum Gasteiger partial charge on any atom is -0.493 e. The summed E-state index contributed by atoms with van der Waals surface area (Å²) in [5.41, 5.74) is 2.22. The van der Waals surface area contributed by atoms with Crippen LogP contribution in [0.4, 0.5) is 0 Å². The van der Waals surface area contributed by atoms with Crippen LogP contribution in [0.15, 0.2) is 95.0 Å². The number of hydrogen-bond donors (Lipinski definition) is 0. The molecule has 162 valence electrons. The van der Waals surface area contributed by atoms with E-state index in [4.69, 9.17) is 9.47 Å². The molecule has 4 aromatic rings. The molecule has 0 spiro atoms. The van der Waals surface area contributed by atoms with Gasteiger partial charge in [-0.3, -0.25) is 4.79 Å². The molecule has 0 radical (unpaired) electrons. The van der Waals surface area contributed by atoms with E-state index >= 15 is 0 Å². The van der Waals surface area contributed by atoms with Crippen molar-refractivity contribution in [3.05, 3.63) is 112 Å². The van der Waals surface area contributed by atoms with Crippen LogP contribution in [0.25, 0.3) is 16.8 Å². The maximum atomic E-state index is 12.7. The molecule has 33 heavy (non-hydrogen) atoms. The van der Waals surface area contributed by atoms with Crippen LogP contribution in [0.5, 0.6) is 11.5 Å². The molecule has 4 aromatic carbocycles. The van der Waals surface area contributed by atoms with E-state index < -0.39 is 0 Å². The highest BCUT2D eigenvalue weighted by Crippen LogP contribution is 2.38. The molecule has 0 aliphatic rings. The second-order valence-corrected chi connectivity index (χ2v) is 8.18. The number of carbonyl (C=O) groups excluding carboxylic acids is 1. The fourth-order valence-corrected chi connectivity index (χ4v) is 4.17. The number of allylic oxidation sites excluding steroid dienone is 1. The van der Waals surface area contributed by atoms with Gasteiger partial charge in [0, 0.05) is 5.56 Å². The van der Waals surface area contributed by atoms with E-state index in [2.05, 4.69) is 34.1 Å². The Bertz CT molecular complexity index is 1380. The van der Waals surface area contributed by atoms with E-state index in [1.54, 1.807) is 49.6 Å². The predicted octanol–water partition coefficient (Wildman–Crippen LogP) is 6.98. The van der Waals surface area contributed by atoms with Crippen LogP contribution >= 0.6 is 15.9 Å². The number of fused-ring (bicyclic) bond motifs is 1. The second-order valence-electron chi connectivity index (χ2n) is 7.33. The maximum Gasteiger partial charge on any atom is 0.203 e. The third-order valence-electron chi connectivity index (χ3n) is 5.22. The van der Waals surface area contributed by atoms with Gasteiger partial charge < -0.3 is 9.47 Å². The third kappa shape index (κ3) is 4.97. The monoisotopic (exact) mass is 497 g/mol. The number of carbonyl (C=O) groups is 1. The van der Waals surface area contributed by atoms with Crippen molar-refractivity contribution in [3.63, 3.8) is 0 Å². The lowest BCUT2D eigenvalue weighted by Crippen LogP contribution is -2.02. The number of nitrogens with zero attached hydrogens (tertiary/aromatic N) is 1. The average molecular weight is 498 g/mol. The number of hydrogen-bond acceptors (Lipinski definition) is 4. The standard InChI is InChI=1S/C28H20BrNO3/c1-32-26-16-19(14-23(17-30)27(31)21-9-3-2-4-10-21)15-25(29)28(26)33-18-22-12-7-11-20-8-5-6-13-24(20)22/h2-16H,18H2,1H3/b23-14+. The molecule has 0 saturated carbocycles. The van der Waals surface area contributed by atoms with Crippen molar-refractivity contribution in [1.29, 1.82) is 5.26 Å². The minimum atomic E-state index is -0.329. The number of nitriles is 1. The Morgan fingerprint density at radius 1 is 1.00 bits per heavy atom. The SMILES string of the molecule is COc1cc(/C=C(\C#N)C(=O)c2ccccc2)cc(Br)c1OCc1cccc2ccccc12. The van der Waals surface area contributed by atoms with Gasteiger partial charge in [0.15, 0.2) is 11.5 Å². The summed E-state index contributed by atoms with van der Waals surface area (Å²) < 4.78 is 12.3. The molecule has 0 aliphatic heterocycles. The van der Waals surface area contributed by atoms with Crippen LogP contribution in [-0.2, 0) is 6.61 Å². The minimum absolute atomic E-state index is 0.0413. The van der Waals surface area contributed by atoms with Gasteiger partial charge in [-0.25, -0.2) is 0 Å². The molecule has 0 amide bonds. The highest BCUT2D eigenvalue weighted by Gasteiger charge is 2.15. The second kappa shape index (κ2) is 10.2. The van der Waals surface area contributed by atoms with Gasteiger partial charge in [-0.1, -0.05) is 72.8 Å². The summed E-state index contributed by atoms with van der Waals surface area (Å²) in [5, 5.41) is 11.8. The van der Waals surface area contributed by atoms with Crippen molar-refractivity contribution in [1.82, 2.24) is 0 Å².